The van der Waals surface area contributed by atoms with E-state index in [-0.39, 0.29) is 24.0 Å². The van der Waals surface area contributed by atoms with E-state index in [1.54, 1.807) is 4.90 Å². The minimum atomic E-state index is -0.267. The molecule has 0 aliphatic heterocycles. The summed E-state index contributed by atoms with van der Waals surface area (Å²) >= 11 is 0. The number of carbonyl (C=O) groups is 1. The lowest BCUT2D eigenvalue weighted by atomic mass is 10.1. The van der Waals surface area contributed by atoms with Crippen LogP contribution in [-0.4, -0.2) is 16.5 Å². The summed E-state index contributed by atoms with van der Waals surface area (Å²) in [6, 6.07) is 9.57. The molecule has 0 saturated heterocycles. The Morgan fingerprint density at radius 3 is 2.24 bits per heavy atom. The highest BCUT2D eigenvalue weighted by molar-refractivity contribution is 5.85. The second-order valence-electron chi connectivity index (χ2n) is 4.69. The maximum absolute atomic E-state index is 11.7. The summed E-state index contributed by atoms with van der Waals surface area (Å²) in [7, 11) is 0. The predicted octanol–water partition coefficient (Wildman–Crippen LogP) is 2.29. The Labute approximate surface area is 109 Å². The fourth-order valence-corrected chi connectivity index (χ4v) is 1.46. The molecule has 0 spiro atoms. The largest absolute Gasteiger partial charge is 0.332 e. The third kappa shape index (κ3) is 4.63. The van der Waals surface area contributed by atoms with Crippen molar-refractivity contribution in [3.63, 3.8) is 0 Å². The highest BCUT2D eigenvalue weighted by Crippen LogP contribution is 2.17. The van der Waals surface area contributed by atoms with Crippen molar-refractivity contribution in [1.82, 2.24) is 10.3 Å². The second kappa shape index (κ2) is 6.47. The molecule has 0 heterocycles. The number of halogens is 1. The molecule has 96 valence electrons. The summed E-state index contributed by atoms with van der Waals surface area (Å²) in [5.74, 6) is 5.18. The molecule has 0 radical (unpaired) electrons. The van der Waals surface area contributed by atoms with Gasteiger partial charge in [-0.3, -0.25) is 5.43 Å². The minimum absolute atomic E-state index is 0. The van der Waals surface area contributed by atoms with E-state index in [9.17, 15) is 4.79 Å². The lowest BCUT2D eigenvalue weighted by Crippen LogP contribution is -2.51. The molecule has 0 aromatic heterocycles. The van der Waals surface area contributed by atoms with Gasteiger partial charge in [0.25, 0.3) is 0 Å². The molecular weight excluding hydrogens is 238 g/mol. The summed E-state index contributed by atoms with van der Waals surface area (Å²) in [4.78, 5) is 13.3. The van der Waals surface area contributed by atoms with Crippen LogP contribution in [0.2, 0.25) is 0 Å². The Balaban J connectivity index is 0.00000256. The Morgan fingerprint density at radius 2 is 1.82 bits per heavy atom. The van der Waals surface area contributed by atoms with Gasteiger partial charge in [-0.15, -0.1) is 12.4 Å². The maximum atomic E-state index is 11.7. The molecule has 0 aliphatic rings. The number of nitrogens with one attached hydrogen (secondary N) is 1. The highest BCUT2D eigenvalue weighted by atomic mass is 35.5. The zero-order valence-corrected chi connectivity index (χ0v) is 11.3. The third-order valence-electron chi connectivity index (χ3n) is 2.36. The van der Waals surface area contributed by atoms with Gasteiger partial charge < -0.3 is 4.90 Å². The number of hydrogen-bond acceptors (Lipinski definition) is 2. The van der Waals surface area contributed by atoms with Crippen LogP contribution in [0.1, 0.15) is 26.3 Å². The Hall–Kier alpha value is -1.26. The van der Waals surface area contributed by atoms with Crippen molar-refractivity contribution in [2.45, 2.75) is 32.9 Å². The number of nitrogens with two attached hydrogens (primary N) is 1. The Bertz CT molecular complexity index is 349. The van der Waals surface area contributed by atoms with E-state index in [1.807, 2.05) is 51.1 Å². The fraction of sp³-hybridized carbons (Fsp3) is 0.417. The number of hydrazine groups is 1. The van der Waals surface area contributed by atoms with Crippen molar-refractivity contribution < 1.29 is 4.79 Å². The summed E-state index contributed by atoms with van der Waals surface area (Å²) in [6.45, 7) is 6.48. The summed E-state index contributed by atoms with van der Waals surface area (Å²) in [5, 5.41) is 0. The van der Waals surface area contributed by atoms with Crippen LogP contribution in [0.4, 0.5) is 4.79 Å². The van der Waals surface area contributed by atoms with Gasteiger partial charge in [0.05, 0.1) is 0 Å². The van der Waals surface area contributed by atoms with Crippen molar-refractivity contribution in [2.24, 2.45) is 5.84 Å². The third-order valence-corrected chi connectivity index (χ3v) is 2.36. The lowest BCUT2D eigenvalue weighted by molar-refractivity contribution is 0.140. The minimum Gasteiger partial charge on any atom is -0.315 e. The first-order chi connectivity index (χ1) is 7.45. The van der Waals surface area contributed by atoms with Crippen molar-refractivity contribution in [3.05, 3.63) is 35.9 Å². The molecule has 0 fully saturated rings. The molecule has 1 rings (SSSR count). The second-order valence-corrected chi connectivity index (χ2v) is 4.69. The van der Waals surface area contributed by atoms with Gasteiger partial charge in [-0.1, -0.05) is 30.3 Å². The summed E-state index contributed by atoms with van der Waals surface area (Å²) in [6.07, 6.45) is 0. The van der Waals surface area contributed by atoms with Crippen LogP contribution in [0.15, 0.2) is 30.3 Å². The molecule has 0 aliphatic carbocycles. The fourth-order valence-electron chi connectivity index (χ4n) is 1.46. The number of nitrogens with zero attached hydrogens (tertiary/aromatic N) is 1. The van der Waals surface area contributed by atoms with Gasteiger partial charge in [0.2, 0.25) is 0 Å². The highest BCUT2D eigenvalue weighted by Gasteiger charge is 2.25. The first-order valence-corrected chi connectivity index (χ1v) is 5.27. The lowest BCUT2D eigenvalue weighted by Gasteiger charge is -2.35. The van der Waals surface area contributed by atoms with Gasteiger partial charge in [0.15, 0.2) is 0 Å². The number of rotatable bonds is 2. The van der Waals surface area contributed by atoms with Crippen LogP contribution < -0.4 is 11.3 Å². The molecule has 0 bridgehead atoms. The smallest absolute Gasteiger partial charge is 0.315 e. The van der Waals surface area contributed by atoms with Gasteiger partial charge >= 0.3 is 6.03 Å². The molecule has 2 amide bonds. The van der Waals surface area contributed by atoms with Crippen LogP contribution in [0.25, 0.3) is 0 Å². The number of amides is 2. The van der Waals surface area contributed by atoms with Crippen molar-refractivity contribution >= 4 is 18.4 Å². The van der Waals surface area contributed by atoms with E-state index in [2.05, 4.69) is 5.43 Å². The van der Waals surface area contributed by atoms with Crippen LogP contribution in [-0.2, 0) is 6.54 Å². The molecular formula is C12H20ClN3O. The number of urea groups is 1. The Kier molecular flexibility index (Phi) is 5.99. The van der Waals surface area contributed by atoms with E-state index in [0.29, 0.717) is 6.54 Å². The number of benzene rings is 1. The van der Waals surface area contributed by atoms with Crippen LogP contribution >= 0.6 is 12.4 Å². The molecule has 5 heteroatoms. The number of carbonyl (C=O) groups excluding carboxylic acids is 1. The molecule has 3 N–H and O–H groups in total. The standard InChI is InChI=1S/C12H19N3O.ClH/c1-12(2,3)15(11(16)14-13)9-10-7-5-4-6-8-10;/h4-8H,9,13H2,1-3H3,(H,14,16);1H. The Morgan fingerprint density at radius 1 is 1.29 bits per heavy atom. The molecule has 0 saturated carbocycles. The molecule has 4 nitrogen and oxygen atoms in total. The van der Waals surface area contributed by atoms with Crippen LogP contribution in [0.3, 0.4) is 0 Å². The maximum Gasteiger partial charge on any atom is 0.332 e. The average Bonchev–Trinajstić information content (AvgIpc) is 2.25. The first-order valence-electron chi connectivity index (χ1n) is 5.27. The first kappa shape index (κ1) is 15.7. The summed E-state index contributed by atoms with van der Waals surface area (Å²) < 4.78 is 0. The zero-order chi connectivity index (χ0) is 12.2. The van der Waals surface area contributed by atoms with Crippen LogP contribution in [0, 0.1) is 0 Å². The van der Waals surface area contributed by atoms with Gasteiger partial charge in [0, 0.05) is 12.1 Å². The van der Waals surface area contributed by atoms with E-state index < -0.39 is 0 Å². The van der Waals surface area contributed by atoms with E-state index >= 15 is 0 Å². The molecule has 0 unspecified atom stereocenters. The summed E-state index contributed by atoms with van der Waals surface area (Å²) in [5.41, 5.74) is 3.00. The van der Waals surface area contributed by atoms with Crippen LogP contribution in [0.5, 0.6) is 0 Å². The van der Waals surface area contributed by atoms with E-state index in [0.717, 1.165) is 5.56 Å². The SMILES string of the molecule is CC(C)(C)N(Cc1ccccc1)C(=O)NN.Cl. The van der Waals surface area contributed by atoms with Crippen molar-refractivity contribution in [1.29, 1.82) is 0 Å². The van der Waals surface area contributed by atoms with Crippen molar-refractivity contribution in [3.8, 4) is 0 Å². The van der Waals surface area contributed by atoms with Gasteiger partial charge in [-0.2, -0.15) is 0 Å². The van der Waals surface area contributed by atoms with Gasteiger partial charge in [0.1, 0.15) is 0 Å². The normalized spacial score (nSPS) is 10.4. The average molecular weight is 258 g/mol. The van der Waals surface area contributed by atoms with Gasteiger partial charge in [-0.05, 0) is 26.3 Å². The number of hydrogen-bond donors (Lipinski definition) is 2. The van der Waals surface area contributed by atoms with Gasteiger partial charge in [-0.25, -0.2) is 10.6 Å². The predicted molar refractivity (Wildman–Crippen MR) is 71.7 cm³/mol. The molecule has 1 aromatic carbocycles. The monoisotopic (exact) mass is 257 g/mol. The quantitative estimate of drug-likeness (QED) is 0.485. The van der Waals surface area contributed by atoms with Crippen molar-refractivity contribution in [2.75, 3.05) is 0 Å². The molecule has 0 atom stereocenters. The van der Waals surface area contributed by atoms with E-state index in [1.165, 1.54) is 0 Å². The zero-order valence-electron chi connectivity index (χ0n) is 10.4. The molecule has 17 heavy (non-hydrogen) atoms. The topological polar surface area (TPSA) is 58.4 Å². The molecule has 1 aromatic rings. The van der Waals surface area contributed by atoms with E-state index in [4.69, 9.17) is 5.84 Å².